The highest BCUT2D eigenvalue weighted by atomic mass is 31.2. The van der Waals surface area contributed by atoms with Gasteiger partial charge in [-0.2, -0.15) is 0 Å². The van der Waals surface area contributed by atoms with Gasteiger partial charge in [0.2, 0.25) is 5.91 Å². The van der Waals surface area contributed by atoms with E-state index in [-0.39, 0.29) is 12.8 Å². The number of rotatable bonds is 34. The molecule has 45 heavy (non-hydrogen) atoms. The SMILES string of the molecule is CCCCCCCCCCCCCCCC(=O)OP(=O)(OC(=O)CCCCCCCCCCCCCCC)OC(CN)C(N)=O. The van der Waals surface area contributed by atoms with Gasteiger partial charge in [-0.05, 0) is 12.8 Å². The van der Waals surface area contributed by atoms with E-state index in [1.807, 2.05) is 0 Å². The normalized spacial score (nSPS) is 12.2. The maximum atomic E-state index is 13.2. The first-order valence-electron chi connectivity index (χ1n) is 18.5. The molecule has 0 saturated heterocycles. The van der Waals surface area contributed by atoms with Crippen LogP contribution in [0.25, 0.3) is 0 Å². The van der Waals surface area contributed by atoms with Crippen LogP contribution in [0, 0.1) is 0 Å². The Bertz CT molecular complexity index is 733. The van der Waals surface area contributed by atoms with Gasteiger partial charge >= 0.3 is 19.8 Å². The summed E-state index contributed by atoms with van der Waals surface area (Å²) in [5.41, 5.74) is 10.7. The number of primary amides is 1. The molecule has 1 amide bonds. The van der Waals surface area contributed by atoms with E-state index in [0.29, 0.717) is 12.8 Å². The lowest BCUT2D eigenvalue weighted by Crippen LogP contribution is -2.37. The molecule has 10 heteroatoms. The Morgan fingerprint density at radius 2 is 0.778 bits per heavy atom. The summed E-state index contributed by atoms with van der Waals surface area (Å²) < 4.78 is 28.3. The van der Waals surface area contributed by atoms with E-state index < -0.39 is 38.3 Å². The maximum Gasteiger partial charge on any atom is 0.592 e. The van der Waals surface area contributed by atoms with Crippen LogP contribution in [0.3, 0.4) is 0 Å². The minimum absolute atomic E-state index is 0.00534. The molecule has 0 aliphatic rings. The van der Waals surface area contributed by atoms with Gasteiger partial charge in [-0.25, -0.2) is 4.57 Å². The van der Waals surface area contributed by atoms with E-state index >= 15 is 0 Å². The first kappa shape index (κ1) is 43.6. The number of amides is 1. The van der Waals surface area contributed by atoms with Crippen molar-refractivity contribution in [2.45, 2.75) is 200 Å². The number of hydrogen-bond donors (Lipinski definition) is 2. The minimum atomic E-state index is -4.71. The van der Waals surface area contributed by atoms with Crippen LogP contribution in [0.2, 0.25) is 0 Å². The van der Waals surface area contributed by atoms with Crippen molar-refractivity contribution >= 4 is 25.7 Å². The fourth-order valence-electron chi connectivity index (χ4n) is 5.34. The summed E-state index contributed by atoms with van der Waals surface area (Å²) in [7, 11) is -4.71. The van der Waals surface area contributed by atoms with Crippen molar-refractivity contribution in [2.75, 3.05) is 6.54 Å². The molecule has 0 saturated carbocycles. The molecule has 0 aromatic rings. The lowest BCUT2D eigenvalue weighted by molar-refractivity contribution is -0.143. The Hall–Kier alpha value is -1.44. The molecule has 0 aromatic carbocycles. The molecule has 0 bridgehead atoms. The quantitative estimate of drug-likeness (QED) is 0.0512. The molecule has 4 N–H and O–H groups in total. The molecule has 0 aliphatic carbocycles. The van der Waals surface area contributed by atoms with E-state index in [4.69, 9.17) is 25.0 Å². The average molecular weight is 661 g/mol. The summed E-state index contributed by atoms with van der Waals surface area (Å²) in [6.45, 7) is 4.07. The van der Waals surface area contributed by atoms with Crippen molar-refractivity contribution in [3.8, 4) is 0 Å². The van der Waals surface area contributed by atoms with Gasteiger partial charge in [-0.3, -0.25) is 18.9 Å². The lowest BCUT2D eigenvalue weighted by Gasteiger charge is -2.20. The zero-order valence-corrected chi connectivity index (χ0v) is 29.9. The van der Waals surface area contributed by atoms with Gasteiger partial charge in [0.15, 0.2) is 6.10 Å². The second kappa shape index (κ2) is 31.2. The average Bonchev–Trinajstić information content (AvgIpc) is 3.00. The van der Waals surface area contributed by atoms with Gasteiger partial charge in [0.1, 0.15) is 0 Å². The molecular weight excluding hydrogens is 591 g/mol. The Morgan fingerprint density at radius 1 is 0.511 bits per heavy atom. The standard InChI is InChI=1S/C35H69N2O7P/c1-3-5-7-9-11-13-15-17-19-21-23-25-27-29-33(38)43-45(41,42-32(31-36)35(37)40)44-34(39)30-28-26-24-22-20-18-16-14-12-10-8-6-4-2/h32H,3-31,36H2,1-2H3,(H2,37,40). The van der Waals surface area contributed by atoms with Crippen LogP contribution in [0.1, 0.15) is 194 Å². The summed E-state index contributed by atoms with van der Waals surface area (Å²) in [5, 5.41) is 0. The minimum Gasteiger partial charge on any atom is -0.367 e. The molecule has 9 nitrogen and oxygen atoms in total. The highest BCUT2D eigenvalue weighted by molar-refractivity contribution is 7.49. The molecule has 1 atom stereocenters. The van der Waals surface area contributed by atoms with Crippen LogP contribution in [-0.2, 0) is 32.5 Å². The molecule has 1 unspecified atom stereocenters. The van der Waals surface area contributed by atoms with Crippen molar-refractivity contribution in [1.82, 2.24) is 0 Å². The van der Waals surface area contributed by atoms with Crippen molar-refractivity contribution in [1.29, 1.82) is 0 Å². The molecule has 0 aromatic heterocycles. The lowest BCUT2D eigenvalue weighted by atomic mass is 10.0. The smallest absolute Gasteiger partial charge is 0.367 e. The summed E-state index contributed by atoms with van der Waals surface area (Å²) in [6.07, 6.45) is 28.8. The number of phosphoric ester groups is 1. The van der Waals surface area contributed by atoms with Gasteiger partial charge < -0.3 is 20.5 Å². The number of hydrogen-bond acceptors (Lipinski definition) is 8. The molecule has 0 aliphatic heterocycles. The number of unbranched alkanes of at least 4 members (excludes halogenated alkanes) is 24. The van der Waals surface area contributed by atoms with Crippen LogP contribution in [0.4, 0.5) is 0 Å². The van der Waals surface area contributed by atoms with Crippen LogP contribution >= 0.6 is 7.82 Å². The molecule has 266 valence electrons. The van der Waals surface area contributed by atoms with Crippen molar-refractivity contribution < 1.29 is 32.5 Å². The summed E-state index contributed by atoms with van der Waals surface area (Å²) in [6, 6.07) is 0. The maximum absolute atomic E-state index is 13.2. The Morgan fingerprint density at radius 3 is 1.02 bits per heavy atom. The van der Waals surface area contributed by atoms with Gasteiger partial charge in [0.05, 0.1) is 0 Å². The number of carbonyl (C=O) groups is 3. The van der Waals surface area contributed by atoms with Gasteiger partial charge in [0, 0.05) is 19.4 Å². The first-order chi connectivity index (χ1) is 21.8. The zero-order chi connectivity index (χ0) is 33.4. The Kier molecular flexibility index (Phi) is 30.2. The Labute approximate surface area is 275 Å². The fourth-order valence-corrected chi connectivity index (χ4v) is 6.65. The van der Waals surface area contributed by atoms with Crippen LogP contribution in [0.5, 0.6) is 0 Å². The third-order valence-electron chi connectivity index (χ3n) is 8.18. The first-order valence-corrected chi connectivity index (χ1v) is 20.0. The number of carbonyl (C=O) groups excluding carboxylic acids is 3. The van der Waals surface area contributed by atoms with Crippen LogP contribution in [0.15, 0.2) is 0 Å². The monoisotopic (exact) mass is 660 g/mol. The van der Waals surface area contributed by atoms with E-state index in [1.165, 1.54) is 116 Å². The molecule has 0 fully saturated rings. The van der Waals surface area contributed by atoms with Crippen LogP contribution in [-0.4, -0.2) is 30.5 Å². The van der Waals surface area contributed by atoms with E-state index in [0.717, 1.165) is 38.5 Å². The summed E-state index contributed by atoms with van der Waals surface area (Å²) in [4.78, 5) is 36.5. The number of nitrogens with two attached hydrogens (primary N) is 2. The second-order valence-electron chi connectivity index (χ2n) is 12.6. The number of phosphoric acid groups is 1. The summed E-state index contributed by atoms with van der Waals surface area (Å²) >= 11 is 0. The van der Waals surface area contributed by atoms with Gasteiger partial charge in [-0.1, -0.05) is 168 Å². The fraction of sp³-hybridized carbons (Fsp3) is 0.914. The third-order valence-corrected chi connectivity index (χ3v) is 9.55. The van der Waals surface area contributed by atoms with Gasteiger partial charge in [0.25, 0.3) is 0 Å². The second-order valence-corrected chi connectivity index (χ2v) is 14.1. The predicted molar refractivity (Wildman–Crippen MR) is 184 cm³/mol. The van der Waals surface area contributed by atoms with Gasteiger partial charge in [-0.15, -0.1) is 0 Å². The van der Waals surface area contributed by atoms with Crippen molar-refractivity contribution in [3.05, 3.63) is 0 Å². The topological polar surface area (TPSA) is 148 Å². The third kappa shape index (κ3) is 28.5. The predicted octanol–water partition coefficient (Wildman–Crippen LogP) is 9.97. The Balaban J connectivity index is 4.26. The van der Waals surface area contributed by atoms with Crippen molar-refractivity contribution in [3.63, 3.8) is 0 Å². The van der Waals surface area contributed by atoms with Crippen molar-refractivity contribution in [2.24, 2.45) is 11.5 Å². The molecule has 0 spiro atoms. The molecule has 0 radical (unpaired) electrons. The highest BCUT2D eigenvalue weighted by Crippen LogP contribution is 2.51. The van der Waals surface area contributed by atoms with E-state index in [2.05, 4.69) is 13.8 Å². The van der Waals surface area contributed by atoms with E-state index in [1.54, 1.807) is 0 Å². The molecular formula is C35H69N2O7P. The highest BCUT2D eigenvalue weighted by Gasteiger charge is 2.39. The van der Waals surface area contributed by atoms with Crippen LogP contribution < -0.4 is 11.5 Å². The largest absolute Gasteiger partial charge is 0.592 e. The molecule has 0 rings (SSSR count). The van der Waals surface area contributed by atoms with E-state index in [9.17, 15) is 18.9 Å². The zero-order valence-electron chi connectivity index (χ0n) is 29.0. The molecule has 0 heterocycles. The summed E-state index contributed by atoms with van der Waals surface area (Å²) in [5.74, 6) is -2.61.